The molecule has 40 valence electrons. The maximum absolute atomic E-state index is 5.37. The summed E-state index contributed by atoms with van der Waals surface area (Å²) < 4.78 is 0. The summed E-state index contributed by atoms with van der Waals surface area (Å²) in [7, 11) is 0. The van der Waals surface area contributed by atoms with Crippen molar-refractivity contribution >= 4 is 0 Å². The van der Waals surface area contributed by atoms with Crippen LogP contribution in [0.4, 0.5) is 0 Å². The molecule has 0 aliphatic carbocycles. The molecule has 0 saturated heterocycles. The minimum Gasteiger partial charge on any atom is -0.402 e. The highest BCUT2D eigenvalue weighted by atomic mass is 14.6. The summed E-state index contributed by atoms with van der Waals surface area (Å²) in [5.74, 6) is 0. The van der Waals surface area contributed by atoms with Gasteiger partial charge in [0.1, 0.15) is 0 Å². The van der Waals surface area contributed by atoms with E-state index in [-0.39, 0.29) is 0 Å². The molecule has 0 fully saturated rings. The molecule has 0 aliphatic rings. The molecule has 0 heterocycles. The Morgan fingerprint density at radius 3 is 2.57 bits per heavy atom. The maximum atomic E-state index is 5.37. The van der Waals surface area contributed by atoms with Gasteiger partial charge < -0.3 is 5.73 Å². The quantitative estimate of drug-likeness (QED) is 0.518. The third-order valence-electron chi connectivity index (χ3n) is 0.751. The molecule has 0 radical (unpaired) electrons. The van der Waals surface area contributed by atoms with Crippen molar-refractivity contribution in [3.05, 3.63) is 24.4 Å². The predicted molar refractivity (Wildman–Crippen MR) is 32.8 cm³/mol. The summed E-state index contributed by atoms with van der Waals surface area (Å²) in [6, 6.07) is 0. The van der Waals surface area contributed by atoms with E-state index in [1.54, 1.807) is 6.08 Å². The number of rotatable bonds is 2. The molecule has 0 saturated carbocycles. The van der Waals surface area contributed by atoms with Gasteiger partial charge in [-0.25, -0.2) is 0 Å². The number of allylic oxidation sites excluding steroid dienone is 2. The van der Waals surface area contributed by atoms with E-state index >= 15 is 0 Å². The van der Waals surface area contributed by atoms with E-state index in [0.717, 1.165) is 12.1 Å². The second-order valence-electron chi connectivity index (χ2n) is 1.36. The first-order valence-corrected chi connectivity index (χ1v) is 2.32. The standard InChI is InChI=1S/C6H11N/c1-3-5-6(7)4-2/h3-4H,1,5,7H2,2H3. The molecule has 0 rings (SSSR count). The molecule has 1 heteroatoms. The van der Waals surface area contributed by atoms with Crippen molar-refractivity contribution in [2.24, 2.45) is 5.73 Å². The Hall–Kier alpha value is -0.720. The Bertz CT molecular complexity index is 82.2. The lowest BCUT2D eigenvalue weighted by atomic mass is 10.3. The Morgan fingerprint density at radius 1 is 1.86 bits per heavy atom. The molecule has 0 aliphatic heterocycles. The summed E-state index contributed by atoms with van der Waals surface area (Å²) in [6.07, 6.45) is 4.47. The molecule has 7 heavy (non-hydrogen) atoms. The zero-order valence-electron chi connectivity index (χ0n) is 4.65. The summed E-state index contributed by atoms with van der Waals surface area (Å²) in [5.41, 5.74) is 6.26. The van der Waals surface area contributed by atoms with E-state index in [2.05, 4.69) is 6.58 Å². The van der Waals surface area contributed by atoms with Crippen LogP contribution in [0.5, 0.6) is 0 Å². The number of nitrogens with two attached hydrogens (primary N) is 1. The minimum atomic E-state index is 0.802. The van der Waals surface area contributed by atoms with E-state index in [4.69, 9.17) is 5.73 Å². The first kappa shape index (κ1) is 6.28. The highest BCUT2D eigenvalue weighted by Crippen LogP contribution is 1.89. The van der Waals surface area contributed by atoms with Gasteiger partial charge in [-0.05, 0) is 6.92 Å². The van der Waals surface area contributed by atoms with Gasteiger partial charge in [-0.2, -0.15) is 0 Å². The molecular formula is C6H11N. The van der Waals surface area contributed by atoms with Crippen LogP contribution in [0, 0.1) is 0 Å². The first-order chi connectivity index (χ1) is 3.31. The molecule has 0 atom stereocenters. The molecule has 0 bridgehead atoms. The van der Waals surface area contributed by atoms with Crippen molar-refractivity contribution in [2.75, 3.05) is 0 Å². The van der Waals surface area contributed by atoms with Crippen molar-refractivity contribution in [1.29, 1.82) is 0 Å². The number of hydrogen-bond acceptors (Lipinski definition) is 1. The fourth-order valence-corrected chi connectivity index (χ4v) is 0.285. The summed E-state index contributed by atoms with van der Waals surface area (Å²) in [6.45, 7) is 5.44. The van der Waals surface area contributed by atoms with E-state index in [0.29, 0.717) is 0 Å². The highest BCUT2D eigenvalue weighted by Gasteiger charge is 1.76. The monoisotopic (exact) mass is 97.1 g/mol. The molecule has 0 spiro atoms. The van der Waals surface area contributed by atoms with Crippen LogP contribution < -0.4 is 5.73 Å². The van der Waals surface area contributed by atoms with Gasteiger partial charge in [-0.3, -0.25) is 0 Å². The van der Waals surface area contributed by atoms with Crippen LogP contribution >= 0.6 is 0 Å². The van der Waals surface area contributed by atoms with Gasteiger partial charge in [0.15, 0.2) is 0 Å². The molecule has 0 aromatic rings. The zero-order chi connectivity index (χ0) is 5.70. The molecule has 0 aromatic heterocycles. The van der Waals surface area contributed by atoms with Crippen LogP contribution in [-0.2, 0) is 0 Å². The maximum Gasteiger partial charge on any atom is 0.00753 e. The van der Waals surface area contributed by atoms with Crippen LogP contribution in [0.15, 0.2) is 24.4 Å². The Morgan fingerprint density at radius 2 is 2.43 bits per heavy atom. The van der Waals surface area contributed by atoms with Gasteiger partial charge in [-0.1, -0.05) is 12.2 Å². The first-order valence-electron chi connectivity index (χ1n) is 2.32. The second kappa shape index (κ2) is 3.47. The fraction of sp³-hybridized carbons (Fsp3) is 0.333. The van der Waals surface area contributed by atoms with Crippen LogP contribution in [0.1, 0.15) is 13.3 Å². The largest absolute Gasteiger partial charge is 0.402 e. The fourth-order valence-electron chi connectivity index (χ4n) is 0.285. The molecule has 2 N–H and O–H groups in total. The van der Waals surface area contributed by atoms with E-state index in [1.165, 1.54) is 0 Å². The predicted octanol–water partition coefficient (Wildman–Crippen LogP) is 1.43. The van der Waals surface area contributed by atoms with Crippen molar-refractivity contribution in [1.82, 2.24) is 0 Å². The normalized spacial score (nSPS) is 11.3. The second-order valence-corrected chi connectivity index (χ2v) is 1.36. The van der Waals surface area contributed by atoms with Gasteiger partial charge in [0.05, 0.1) is 0 Å². The molecule has 1 nitrogen and oxygen atoms in total. The van der Waals surface area contributed by atoms with Crippen molar-refractivity contribution < 1.29 is 0 Å². The topological polar surface area (TPSA) is 26.0 Å². The molecular weight excluding hydrogens is 86.1 g/mol. The minimum absolute atomic E-state index is 0.802. The average molecular weight is 97.2 g/mol. The van der Waals surface area contributed by atoms with Crippen molar-refractivity contribution in [3.63, 3.8) is 0 Å². The Balaban J connectivity index is 3.36. The van der Waals surface area contributed by atoms with E-state index < -0.39 is 0 Å². The lowest BCUT2D eigenvalue weighted by Gasteiger charge is -1.88. The van der Waals surface area contributed by atoms with Crippen LogP contribution in [0.25, 0.3) is 0 Å². The molecule has 0 aromatic carbocycles. The van der Waals surface area contributed by atoms with Gasteiger partial charge in [-0.15, -0.1) is 6.58 Å². The van der Waals surface area contributed by atoms with E-state index in [1.807, 2.05) is 13.0 Å². The van der Waals surface area contributed by atoms with Crippen molar-refractivity contribution in [3.8, 4) is 0 Å². The van der Waals surface area contributed by atoms with Gasteiger partial charge in [0.2, 0.25) is 0 Å². The summed E-state index contributed by atoms with van der Waals surface area (Å²) >= 11 is 0. The van der Waals surface area contributed by atoms with Crippen molar-refractivity contribution in [2.45, 2.75) is 13.3 Å². The van der Waals surface area contributed by atoms with Gasteiger partial charge in [0, 0.05) is 12.1 Å². The zero-order valence-corrected chi connectivity index (χ0v) is 4.65. The van der Waals surface area contributed by atoms with Gasteiger partial charge in [0.25, 0.3) is 0 Å². The lowest BCUT2D eigenvalue weighted by Crippen LogP contribution is -1.92. The Labute approximate surface area is 44.5 Å². The third-order valence-corrected chi connectivity index (χ3v) is 0.751. The van der Waals surface area contributed by atoms with Crippen LogP contribution in [0.3, 0.4) is 0 Å². The van der Waals surface area contributed by atoms with Crippen LogP contribution in [-0.4, -0.2) is 0 Å². The number of hydrogen-bond donors (Lipinski definition) is 1. The van der Waals surface area contributed by atoms with Crippen LogP contribution in [0.2, 0.25) is 0 Å². The molecule has 0 amide bonds. The van der Waals surface area contributed by atoms with Gasteiger partial charge >= 0.3 is 0 Å². The van der Waals surface area contributed by atoms with E-state index in [9.17, 15) is 0 Å². The highest BCUT2D eigenvalue weighted by molar-refractivity contribution is 4.98. The Kier molecular flexibility index (Phi) is 3.11. The molecule has 0 unspecified atom stereocenters. The third kappa shape index (κ3) is 3.10. The average Bonchev–Trinajstić information content (AvgIpc) is 1.68. The SMILES string of the molecule is C=CCC(N)=CC. The lowest BCUT2D eigenvalue weighted by molar-refractivity contribution is 1.16. The summed E-state index contributed by atoms with van der Waals surface area (Å²) in [4.78, 5) is 0. The smallest absolute Gasteiger partial charge is 0.00753 e. The summed E-state index contributed by atoms with van der Waals surface area (Å²) in [5, 5.41) is 0.